The Balaban J connectivity index is 2.08. The Morgan fingerprint density at radius 2 is 1.69 bits per heavy atom. The average Bonchev–Trinajstić information content (AvgIpc) is 3.15. The summed E-state index contributed by atoms with van der Waals surface area (Å²) in [4.78, 5) is 12.3. The summed E-state index contributed by atoms with van der Waals surface area (Å²) in [5.74, 6) is -1.08. The van der Waals surface area contributed by atoms with Crippen molar-refractivity contribution in [1.29, 1.82) is 5.26 Å². The van der Waals surface area contributed by atoms with Gasteiger partial charge in [-0.3, -0.25) is 0 Å². The van der Waals surface area contributed by atoms with Gasteiger partial charge in [-0.2, -0.15) is 10.4 Å². The normalized spacial score (nSPS) is 10.5. The third-order valence-electron chi connectivity index (χ3n) is 4.46. The molecule has 0 bridgehead atoms. The Kier molecular flexibility index (Phi) is 4.98. The lowest BCUT2D eigenvalue weighted by Gasteiger charge is -2.09. The topological polar surface area (TPSA) is 78.9 Å². The van der Waals surface area contributed by atoms with Gasteiger partial charge in [-0.25, -0.2) is 9.48 Å². The van der Waals surface area contributed by atoms with Crippen LogP contribution in [0.3, 0.4) is 0 Å². The number of carboxylic acids is 1. The van der Waals surface area contributed by atoms with Crippen LogP contribution >= 0.6 is 15.9 Å². The minimum atomic E-state index is -1.08. The predicted molar refractivity (Wildman–Crippen MR) is 114 cm³/mol. The van der Waals surface area contributed by atoms with Crippen LogP contribution in [0.5, 0.6) is 0 Å². The van der Waals surface area contributed by atoms with Crippen LogP contribution < -0.4 is 0 Å². The molecule has 0 radical (unpaired) electrons. The van der Waals surface area contributed by atoms with E-state index < -0.39 is 5.97 Å². The first-order valence-corrected chi connectivity index (χ1v) is 9.56. The van der Waals surface area contributed by atoms with E-state index in [2.05, 4.69) is 27.1 Å². The predicted octanol–water partition coefficient (Wildman–Crippen LogP) is 5.54. The number of rotatable bonds is 4. The number of benzene rings is 3. The van der Waals surface area contributed by atoms with Gasteiger partial charge in [0.1, 0.15) is 11.3 Å². The number of hydrogen-bond donors (Lipinski definition) is 1. The fraction of sp³-hybridized carbons (Fsp3) is 0. The van der Waals surface area contributed by atoms with Gasteiger partial charge in [0, 0.05) is 15.6 Å². The summed E-state index contributed by atoms with van der Waals surface area (Å²) in [5, 5.41) is 24.0. The number of aromatic carboxylic acids is 1. The summed E-state index contributed by atoms with van der Waals surface area (Å²) >= 11 is 3.46. The van der Waals surface area contributed by atoms with Gasteiger partial charge >= 0.3 is 5.97 Å². The molecule has 0 amide bonds. The van der Waals surface area contributed by atoms with Gasteiger partial charge < -0.3 is 5.11 Å². The number of halogens is 1. The van der Waals surface area contributed by atoms with Crippen LogP contribution in [0.25, 0.3) is 28.2 Å². The minimum absolute atomic E-state index is 0.0891. The third-order valence-corrected chi connectivity index (χ3v) is 4.96. The highest BCUT2D eigenvalue weighted by atomic mass is 79.9. The van der Waals surface area contributed by atoms with E-state index >= 15 is 0 Å². The number of carbonyl (C=O) groups is 1. The molecule has 1 heterocycles. The second-order valence-electron chi connectivity index (χ2n) is 6.33. The molecule has 0 aliphatic rings. The van der Waals surface area contributed by atoms with Crippen molar-refractivity contribution in [3.8, 4) is 34.3 Å². The van der Waals surface area contributed by atoms with Crippen LogP contribution in [0, 0.1) is 11.3 Å². The number of nitriles is 1. The fourth-order valence-electron chi connectivity index (χ4n) is 3.22. The Labute approximate surface area is 175 Å². The highest BCUT2D eigenvalue weighted by Gasteiger charge is 2.26. The molecule has 0 unspecified atom stereocenters. The Morgan fingerprint density at radius 1 is 0.966 bits per heavy atom. The molecule has 29 heavy (non-hydrogen) atoms. The van der Waals surface area contributed by atoms with E-state index in [9.17, 15) is 15.2 Å². The minimum Gasteiger partial charge on any atom is -0.478 e. The van der Waals surface area contributed by atoms with E-state index in [-0.39, 0.29) is 5.56 Å². The zero-order chi connectivity index (χ0) is 20.4. The first-order chi connectivity index (χ1) is 14.1. The largest absolute Gasteiger partial charge is 0.478 e. The molecule has 0 fully saturated rings. The standard InChI is InChI=1S/C23H14BrN3O2/c24-18-10-5-11-19(13-18)27-22(16-7-2-1-3-8-16)20(23(28)29)21(26-27)17-9-4-6-15(12-17)14-25/h1-13H,(H,28,29). The molecule has 0 aliphatic carbocycles. The Hall–Kier alpha value is -3.69. The lowest BCUT2D eigenvalue weighted by atomic mass is 10.0. The lowest BCUT2D eigenvalue weighted by molar-refractivity contribution is 0.0698. The molecule has 5 nitrogen and oxygen atoms in total. The van der Waals surface area contributed by atoms with Crippen LogP contribution in [-0.4, -0.2) is 20.9 Å². The summed E-state index contributed by atoms with van der Waals surface area (Å²) in [5.41, 5.74) is 3.36. The summed E-state index contributed by atoms with van der Waals surface area (Å²) in [6.45, 7) is 0. The van der Waals surface area contributed by atoms with Crippen molar-refractivity contribution in [1.82, 2.24) is 9.78 Å². The van der Waals surface area contributed by atoms with Crippen molar-refractivity contribution in [2.75, 3.05) is 0 Å². The molecule has 0 spiro atoms. The molecule has 140 valence electrons. The highest BCUT2D eigenvalue weighted by Crippen LogP contribution is 2.35. The summed E-state index contributed by atoms with van der Waals surface area (Å²) in [7, 11) is 0. The molecule has 1 aromatic heterocycles. The van der Waals surface area contributed by atoms with Crippen molar-refractivity contribution < 1.29 is 9.90 Å². The maximum Gasteiger partial charge on any atom is 0.340 e. The summed E-state index contributed by atoms with van der Waals surface area (Å²) < 4.78 is 2.49. The molecule has 3 aromatic carbocycles. The molecule has 0 atom stereocenters. The molecule has 0 aliphatic heterocycles. The molecule has 0 saturated carbocycles. The molecular formula is C23H14BrN3O2. The second-order valence-corrected chi connectivity index (χ2v) is 7.24. The molecule has 4 rings (SSSR count). The average molecular weight is 444 g/mol. The van der Waals surface area contributed by atoms with Gasteiger partial charge in [0.2, 0.25) is 0 Å². The number of aromatic nitrogens is 2. The number of nitrogens with zero attached hydrogens (tertiary/aromatic N) is 3. The molecular weight excluding hydrogens is 430 g/mol. The first-order valence-electron chi connectivity index (χ1n) is 8.76. The molecule has 1 N–H and O–H groups in total. The SMILES string of the molecule is N#Cc1cccc(-c2nn(-c3cccc(Br)c3)c(-c3ccccc3)c2C(=O)O)c1. The first kappa shape index (κ1) is 18.7. The zero-order valence-corrected chi connectivity index (χ0v) is 16.7. The molecule has 6 heteroatoms. The number of carboxylic acid groups (broad SMARTS) is 1. The fourth-order valence-corrected chi connectivity index (χ4v) is 3.60. The molecule has 4 aromatic rings. The Bertz CT molecular complexity index is 1260. The van der Waals surface area contributed by atoms with Gasteiger partial charge in [0.15, 0.2) is 0 Å². The zero-order valence-electron chi connectivity index (χ0n) is 15.1. The monoisotopic (exact) mass is 443 g/mol. The quantitative estimate of drug-likeness (QED) is 0.449. The van der Waals surface area contributed by atoms with Crippen LogP contribution in [0.1, 0.15) is 15.9 Å². The van der Waals surface area contributed by atoms with Crippen molar-refractivity contribution in [2.45, 2.75) is 0 Å². The maximum atomic E-state index is 12.3. The third kappa shape index (κ3) is 3.56. The van der Waals surface area contributed by atoms with E-state index in [0.717, 1.165) is 15.7 Å². The highest BCUT2D eigenvalue weighted by molar-refractivity contribution is 9.10. The van der Waals surface area contributed by atoms with E-state index in [4.69, 9.17) is 0 Å². The summed E-state index contributed by atoms with van der Waals surface area (Å²) in [6.07, 6.45) is 0. The molecule has 0 saturated heterocycles. The maximum absolute atomic E-state index is 12.3. The second kappa shape index (κ2) is 7.74. The van der Waals surface area contributed by atoms with Crippen LogP contribution in [0.4, 0.5) is 0 Å². The van der Waals surface area contributed by atoms with E-state index in [1.54, 1.807) is 28.9 Å². The number of hydrogen-bond acceptors (Lipinski definition) is 3. The van der Waals surface area contributed by atoms with Crippen molar-refractivity contribution >= 4 is 21.9 Å². The van der Waals surface area contributed by atoms with E-state index in [0.29, 0.717) is 22.5 Å². The van der Waals surface area contributed by atoms with Gasteiger partial charge in [0.05, 0.1) is 23.0 Å². The van der Waals surface area contributed by atoms with Gasteiger partial charge in [-0.05, 0) is 30.3 Å². The van der Waals surface area contributed by atoms with E-state index in [1.165, 1.54) is 0 Å². The summed E-state index contributed by atoms with van der Waals surface area (Å²) in [6, 6.07) is 25.7. The Morgan fingerprint density at radius 3 is 2.38 bits per heavy atom. The van der Waals surface area contributed by atoms with E-state index in [1.807, 2.05) is 54.6 Å². The van der Waals surface area contributed by atoms with Crippen molar-refractivity contribution in [3.63, 3.8) is 0 Å². The van der Waals surface area contributed by atoms with Crippen LogP contribution in [0.15, 0.2) is 83.3 Å². The van der Waals surface area contributed by atoms with Crippen LogP contribution in [-0.2, 0) is 0 Å². The van der Waals surface area contributed by atoms with Crippen LogP contribution in [0.2, 0.25) is 0 Å². The van der Waals surface area contributed by atoms with Gasteiger partial charge in [0.25, 0.3) is 0 Å². The smallest absolute Gasteiger partial charge is 0.340 e. The van der Waals surface area contributed by atoms with Crippen molar-refractivity contribution in [2.24, 2.45) is 0 Å². The van der Waals surface area contributed by atoms with Crippen molar-refractivity contribution in [3.05, 3.63) is 94.5 Å². The lowest BCUT2D eigenvalue weighted by Crippen LogP contribution is -2.03. The van der Waals surface area contributed by atoms with Gasteiger partial charge in [-0.15, -0.1) is 0 Å². The van der Waals surface area contributed by atoms with Gasteiger partial charge in [-0.1, -0.05) is 64.5 Å².